The predicted octanol–water partition coefficient (Wildman–Crippen LogP) is 2.03. The number of nitrogens with zero attached hydrogens (tertiary/aromatic N) is 4. The smallest absolute Gasteiger partial charge is 0.326 e. The number of imide groups is 1. The van der Waals surface area contributed by atoms with Crippen LogP contribution in [0.25, 0.3) is 0 Å². The van der Waals surface area contributed by atoms with Crippen LogP contribution in [0.1, 0.15) is 44.1 Å². The molecule has 3 rings (SSSR count). The van der Waals surface area contributed by atoms with E-state index < -0.39 is 6.04 Å². The zero-order valence-corrected chi connectivity index (χ0v) is 15.4. The molecule has 0 N–H and O–H groups in total. The summed E-state index contributed by atoms with van der Waals surface area (Å²) < 4.78 is 0. The van der Waals surface area contributed by atoms with Gasteiger partial charge >= 0.3 is 6.03 Å². The highest BCUT2D eigenvalue weighted by Crippen LogP contribution is 2.26. The minimum Gasteiger partial charge on any atom is -0.335 e. The van der Waals surface area contributed by atoms with Gasteiger partial charge < -0.3 is 9.80 Å². The molecule has 2 aliphatic rings. The van der Waals surface area contributed by atoms with E-state index in [9.17, 15) is 14.4 Å². The predicted molar refractivity (Wildman–Crippen MR) is 96.0 cm³/mol. The Bertz CT molecular complexity index is 673. The molecule has 1 saturated heterocycles. The molecule has 1 saturated carbocycles. The molecule has 1 atom stereocenters. The molecule has 2 fully saturated rings. The summed E-state index contributed by atoms with van der Waals surface area (Å²) in [6, 6.07) is 2.94. The summed E-state index contributed by atoms with van der Waals surface area (Å²) in [6.45, 7) is 0.492. The third-order valence-electron chi connectivity index (χ3n) is 5.45. The molecule has 1 aliphatic heterocycles. The number of amides is 4. The van der Waals surface area contributed by atoms with Crippen molar-refractivity contribution in [2.45, 2.75) is 57.2 Å². The summed E-state index contributed by atoms with van der Waals surface area (Å²) in [5, 5.41) is 0. The summed E-state index contributed by atoms with van der Waals surface area (Å²) in [5.74, 6) is -0.384. The highest BCUT2D eigenvalue weighted by Gasteiger charge is 2.42. The first-order valence-corrected chi connectivity index (χ1v) is 9.21. The molecule has 4 amide bonds. The van der Waals surface area contributed by atoms with Crippen molar-refractivity contribution in [1.29, 1.82) is 0 Å². The van der Waals surface area contributed by atoms with Gasteiger partial charge in [0, 0.05) is 39.1 Å². The Morgan fingerprint density at radius 1 is 1.23 bits per heavy atom. The van der Waals surface area contributed by atoms with E-state index in [1.807, 2.05) is 17.0 Å². The van der Waals surface area contributed by atoms with Crippen molar-refractivity contribution >= 4 is 17.8 Å². The minimum atomic E-state index is -0.708. The first kappa shape index (κ1) is 18.4. The molecule has 1 aromatic heterocycles. The maximum atomic E-state index is 13.1. The van der Waals surface area contributed by atoms with Crippen LogP contribution in [0.15, 0.2) is 24.5 Å². The molecule has 1 unspecified atom stereocenters. The van der Waals surface area contributed by atoms with Crippen LogP contribution in [-0.2, 0) is 16.1 Å². The first-order valence-electron chi connectivity index (χ1n) is 9.21. The lowest BCUT2D eigenvalue weighted by Gasteiger charge is -2.35. The Morgan fingerprint density at radius 3 is 2.54 bits per heavy atom. The average Bonchev–Trinajstić information content (AvgIpc) is 2.85. The molecule has 7 heteroatoms. The van der Waals surface area contributed by atoms with E-state index in [0.717, 1.165) is 36.1 Å². The Hall–Kier alpha value is -2.44. The van der Waals surface area contributed by atoms with Gasteiger partial charge in [-0.2, -0.15) is 0 Å². The molecular weight excluding hydrogens is 332 g/mol. The highest BCUT2D eigenvalue weighted by molar-refractivity contribution is 6.05. The van der Waals surface area contributed by atoms with Crippen LogP contribution in [0.4, 0.5) is 4.79 Å². The number of hydrogen-bond acceptors (Lipinski definition) is 4. The normalized spacial score (nSPS) is 21.4. The van der Waals surface area contributed by atoms with E-state index in [1.165, 1.54) is 18.4 Å². The molecule has 140 valence electrons. The molecule has 0 aromatic carbocycles. The fraction of sp³-hybridized carbons (Fsp3) is 0.579. The van der Waals surface area contributed by atoms with E-state index in [-0.39, 0.29) is 30.3 Å². The van der Waals surface area contributed by atoms with Gasteiger partial charge in [-0.15, -0.1) is 0 Å². The van der Waals surface area contributed by atoms with Crippen molar-refractivity contribution in [2.24, 2.45) is 0 Å². The second-order valence-corrected chi connectivity index (χ2v) is 7.19. The van der Waals surface area contributed by atoms with Crippen LogP contribution >= 0.6 is 0 Å². The summed E-state index contributed by atoms with van der Waals surface area (Å²) in [5.41, 5.74) is 0.978. The molecule has 1 aliphatic carbocycles. The van der Waals surface area contributed by atoms with Gasteiger partial charge in [0.05, 0.1) is 6.42 Å². The van der Waals surface area contributed by atoms with Crippen molar-refractivity contribution in [3.05, 3.63) is 30.1 Å². The SMILES string of the molecule is CN1C(=O)C(CC(=O)N(Cc2cccnc2)C2CCCCC2)N(C)C1=O. The summed E-state index contributed by atoms with van der Waals surface area (Å²) in [7, 11) is 3.04. The van der Waals surface area contributed by atoms with E-state index >= 15 is 0 Å². The standard InChI is InChI=1S/C19H26N4O3/c1-21-16(18(25)22(2)19(21)26)11-17(24)23(15-8-4-3-5-9-15)13-14-7-6-10-20-12-14/h6-7,10,12,15-16H,3-5,8-9,11,13H2,1-2H3. The van der Waals surface area contributed by atoms with Gasteiger partial charge in [-0.1, -0.05) is 25.3 Å². The maximum Gasteiger partial charge on any atom is 0.326 e. The van der Waals surface area contributed by atoms with E-state index in [4.69, 9.17) is 0 Å². The van der Waals surface area contributed by atoms with Crippen molar-refractivity contribution in [2.75, 3.05) is 14.1 Å². The van der Waals surface area contributed by atoms with Crippen molar-refractivity contribution < 1.29 is 14.4 Å². The van der Waals surface area contributed by atoms with Crippen molar-refractivity contribution in [1.82, 2.24) is 19.7 Å². The van der Waals surface area contributed by atoms with Crippen LogP contribution in [-0.4, -0.2) is 63.7 Å². The number of carbonyl (C=O) groups is 3. The van der Waals surface area contributed by atoms with Crippen LogP contribution in [0.2, 0.25) is 0 Å². The van der Waals surface area contributed by atoms with Gasteiger partial charge in [0.2, 0.25) is 5.91 Å². The fourth-order valence-electron chi connectivity index (χ4n) is 3.86. The Labute approximate surface area is 154 Å². The number of urea groups is 1. The second kappa shape index (κ2) is 7.85. The molecule has 26 heavy (non-hydrogen) atoms. The number of rotatable bonds is 5. The number of hydrogen-bond donors (Lipinski definition) is 0. The topological polar surface area (TPSA) is 73.8 Å². The number of likely N-dealkylation sites (N-methyl/N-ethyl adjacent to an activating group) is 2. The zero-order chi connectivity index (χ0) is 18.7. The minimum absolute atomic E-state index is 0.0299. The molecule has 0 radical (unpaired) electrons. The van der Waals surface area contributed by atoms with Crippen molar-refractivity contribution in [3.63, 3.8) is 0 Å². The Balaban J connectivity index is 1.76. The summed E-state index contributed by atoms with van der Waals surface area (Å²) in [6.07, 6.45) is 8.92. The van der Waals surface area contributed by atoms with Gasteiger partial charge in [0.25, 0.3) is 5.91 Å². The van der Waals surface area contributed by atoms with E-state index in [1.54, 1.807) is 19.4 Å². The quantitative estimate of drug-likeness (QED) is 0.755. The zero-order valence-electron chi connectivity index (χ0n) is 15.4. The lowest BCUT2D eigenvalue weighted by molar-refractivity contribution is -0.139. The monoisotopic (exact) mass is 358 g/mol. The molecule has 7 nitrogen and oxygen atoms in total. The highest BCUT2D eigenvalue weighted by atomic mass is 16.2. The van der Waals surface area contributed by atoms with Crippen LogP contribution in [0, 0.1) is 0 Å². The third kappa shape index (κ3) is 3.71. The van der Waals surface area contributed by atoms with Gasteiger partial charge in [-0.25, -0.2) is 4.79 Å². The molecule has 2 heterocycles. The largest absolute Gasteiger partial charge is 0.335 e. The Morgan fingerprint density at radius 2 is 1.96 bits per heavy atom. The van der Waals surface area contributed by atoms with Gasteiger partial charge in [0.15, 0.2) is 0 Å². The maximum absolute atomic E-state index is 13.1. The van der Waals surface area contributed by atoms with Crippen LogP contribution < -0.4 is 0 Å². The summed E-state index contributed by atoms with van der Waals surface area (Å²) >= 11 is 0. The fourth-order valence-corrected chi connectivity index (χ4v) is 3.86. The van der Waals surface area contributed by atoms with Crippen molar-refractivity contribution in [3.8, 4) is 0 Å². The number of carbonyl (C=O) groups excluding carboxylic acids is 3. The van der Waals surface area contributed by atoms with Gasteiger partial charge in [-0.3, -0.25) is 19.5 Å². The van der Waals surface area contributed by atoms with Crippen LogP contribution in [0.3, 0.4) is 0 Å². The second-order valence-electron chi connectivity index (χ2n) is 7.19. The van der Waals surface area contributed by atoms with E-state index in [2.05, 4.69) is 4.98 Å². The molecule has 1 aromatic rings. The van der Waals surface area contributed by atoms with Crippen LogP contribution in [0.5, 0.6) is 0 Å². The molecule has 0 spiro atoms. The third-order valence-corrected chi connectivity index (χ3v) is 5.45. The lowest BCUT2D eigenvalue weighted by Crippen LogP contribution is -2.44. The summed E-state index contributed by atoms with van der Waals surface area (Å²) in [4.78, 5) is 45.9. The van der Waals surface area contributed by atoms with Gasteiger partial charge in [0.1, 0.15) is 6.04 Å². The number of pyridine rings is 1. The number of aromatic nitrogens is 1. The first-order chi connectivity index (χ1) is 12.5. The molecular formula is C19H26N4O3. The Kier molecular flexibility index (Phi) is 5.54. The van der Waals surface area contributed by atoms with Gasteiger partial charge in [-0.05, 0) is 24.5 Å². The lowest BCUT2D eigenvalue weighted by atomic mass is 9.93. The molecule has 0 bridgehead atoms. The average molecular weight is 358 g/mol. The van der Waals surface area contributed by atoms with E-state index in [0.29, 0.717) is 6.54 Å².